The van der Waals surface area contributed by atoms with Crippen LogP contribution in [0.5, 0.6) is 23.0 Å². The molecular weight excluding hydrogens is 328 g/mol. The van der Waals surface area contributed by atoms with Crippen molar-refractivity contribution in [2.75, 3.05) is 28.4 Å². The lowest BCUT2D eigenvalue weighted by Gasteiger charge is -2.20. The van der Waals surface area contributed by atoms with Crippen LogP contribution in [0.3, 0.4) is 0 Å². The van der Waals surface area contributed by atoms with Crippen LogP contribution in [0.2, 0.25) is 0 Å². The van der Waals surface area contributed by atoms with Gasteiger partial charge >= 0.3 is 0 Å². The summed E-state index contributed by atoms with van der Waals surface area (Å²) in [7, 11) is 6.62. The first-order valence-electron chi connectivity index (χ1n) is 8.89. The Morgan fingerprint density at radius 2 is 1.50 bits per heavy atom. The molecule has 0 atom stereocenters. The monoisotopic (exact) mass is 354 g/mol. The molecule has 0 saturated carbocycles. The summed E-state index contributed by atoms with van der Waals surface area (Å²) < 4.78 is 22.0. The van der Waals surface area contributed by atoms with Gasteiger partial charge in [-0.2, -0.15) is 0 Å². The normalized spacial score (nSPS) is 13.8. The highest BCUT2D eigenvalue weighted by molar-refractivity contribution is 5.84. The van der Waals surface area contributed by atoms with Crippen LogP contribution in [0, 0.1) is 0 Å². The van der Waals surface area contributed by atoms with Gasteiger partial charge in [-0.15, -0.1) is 0 Å². The lowest BCUT2D eigenvalue weighted by molar-refractivity contribution is 0.324. The van der Waals surface area contributed by atoms with Crippen LogP contribution in [-0.4, -0.2) is 28.4 Å². The molecule has 0 radical (unpaired) electrons. The second-order valence-corrected chi connectivity index (χ2v) is 6.30. The number of methoxy groups -OCH3 is 4. The second kappa shape index (κ2) is 8.17. The Bertz CT molecular complexity index is 783. The molecule has 1 aliphatic carbocycles. The van der Waals surface area contributed by atoms with Crippen LogP contribution in [0.15, 0.2) is 36.4 Å². The molecule has 1 aliphatic rings. The number of hydrogen-bond donors (Lipinski definition) is 0. The lowest BCUT2D eigenvalue weighted by Crippen LogP contribution is -2.02. The molecule has 26 heavy (non-hydrogen) atoms. The van der Waals surface area contributed by atoms with Crippen molar-refractivity contribution in [3.05, 3.63) is 53.1 Å². The number of hydrogen-bond acceptors (Lipinski definition) is 4. The molecule has 4 heteroatoms. The maximum absolute atomic E-state index is 5.54. The fourth-order valence-electron chi connectivity index (χ4n) is 3.49. The third kappa shape index (κ3) is 3.50. The van der Waals surface area contributed by atoms with E-state index in [2.05, 4.69) is 18.2 Å². The second-order valence-electron chi connectivity index (χ2n) is 6.30. The van der Waals surface area contributed by atoms with Gasteiger partial charge in [0.25, 0.3) is 0 Å². The minimum absolute atomic E-state index is 0.611. The average molecular weight is 354 g/mol. The first-order valence-corrected chi connectivity index (χ1v) is 8.89. The summed E-state index contributed by atoms with van der Waals surface area (Å²) >= 11 is 0. The van der Waals surface area contributed by atoms with E-state index in [9.17, 15) is 0 Å². The van der Waals surface area contributed by atoms with Crippen molar-refractivity contribution in [2.24, 2.45) is 0 Å². The molecule has 0 aromatic heterocycles. The highest BCUT2D eigenvalue weighted by atomic mass is 16.5. The summed E-state index contributed by atoms with van der Waals surface area (Å²) in [5.74, 6) is 2.84. The Labute approximate surface area is 155 Å². The molecule has 0 fully saturated rings. The Morgan fingerprint density at radius 3 is 2.12 bits per heavy atom. The fraction of sp³-hybridized carbons (Fsp3) is 0.364. The van der Waals surface area contributed by atoms with E-state index in [1.165, 1.54) is 29.5 Å². The SMILES string of the molecule is COc1ccc2c(c1)CCCCC=C2c1cc(OC)c(OC)c(OC)c1. The molecule has 4 nitrogen and oxygen atoms in total. The Hall–Kier alpha value is -2.62. The van der Waals surface area contributed by atoms with Crippen molar-refractivity contribution >= 4 is 5.57 Å². The molecule has 0 aliphatic heterocycles. The minimum atomic E-state index is 0.611. The van der Waals surface area contributed by atoms with E-state index in [4.69, 9.17) is 18.9 Å². The van der Waals surface area contributed by atoms with E-state index < -0.39 is 0 Å². The van der Waals surface area contributed by atoms with Gasteiger partial charge in [-0.1, -0.05) is 12.1 Å². The van der Waals surface area contributed by atoms with Crippen LogP contribution in [-0.2, 0) is 6.42 Å². The maximum atomic E-state index is 5.54. The molecule has 0 N–H and O–H groups in total. The zero-order chi connectivity index (χ0) is 18.5. The van der Waals surface area contributed by atoms with Gasteiger partial charge < -0.3 is 18.9 Å². The molecule has 2 aromatic carbocycles. The Morgan fingerprint density at radius 1 is 0.769 bits per heavy atom. The summed E-state index contributed by atoms with van der Waals surface area (Å²) in [6, 6.07) is 10.3. The highest BCUT2D eigenvalue weighted by Crippen LogP contribution is 2.42. The summed E-state index contributed by atoms with van der Waals surface area (Å²) in [5.41, 5.74) is 4.80. The fourth-order valence-corrected chi connectivity index (χ4v) is 3.49. The van der Waals surface area contributed by atoms with Crippen LogP contribution < -0.4 is 18.9 Å². The summed E-state index contributed by atoms with van der Waals surface area (Å²) in [5, 5.41) is 0. The zero-order valence-electron chi connectivity index (χ0n) is 15.9. The average Bonchev–Trinajstić information content (AvgIpc) is 2.67. The van der Waals surface area contributed by atoms with Gasteiger partial charge in [-0.25, -0.2) is 0 Å². The van der Waals surface area contributed by atoms with Crippen LogP contribution >= 0.6 is 0 Å². The van der Waals surface area contributed by atoms with E-state index in [1.807, 2.05) is 18.2 Å². The highest BCUT2D eigenvalue weighted by Gasteiger charge is 2.18. The quantitative estimate of drug-likeness (QED) is 0.767. The minimum Gasteiger partial charge on any atom is -0.497 e. The van der Waals surface area contributed by atoms with Gasteiger partial charge in [-0.05, 0) is 72.2 Å². The van der Waals surface area contributed by atoms with Crippen molar-refractivity contribution in [3.63, 3.8) is 0 Å². The zero-order valence-corrected chi connectivity index (χ0v) is 15.9. The third-order valence-electron chi connectivity index (χ3n) is 4.83. The topological polar surface area (TPSA) is 36.9 Å². The first-order chi connectivity index (χ1) is 12.7. The number of rotatable bonds is 5. The largest absolute Gasteiger partial charge is 0.497 e. The standard InChI is InChI=1S/C22H26O4/c1-23-17-10-11-19-15(12-17)8-6-5-7-9-18(19)16-13-20(24-2)22(26-4)21(14-16)25-3/h9-14H,5-8H2,1-4H3. The van der Waals surface area contributed by atoms with E-state index in [-0.39, 0.29) is 0 Å². The molecule has 0 unspecified atom stereocenters. The van der Waals surface area contributed by atoms with E-state index >= 15 is 0 Å². The molecule has 0 heterocycles. The van der Waals surface area contributed by atoms with E-state index in [1.54, 1.807) is 28.4 Å². The van der Waals surface area contributed by atoms with Crippen molar-refractivity contribution in [1.82, 2.24) is 0 Å². The number of benzene rings is 2. The number of fused-ring (bicyclic) bond motifs is 1. The molecule has 0 saturated heterocycles. The van der Waals surface area contributed by atoms with Crippen molar-refractivity contribution in [1.29, 1.82) is 0 Å². The van der Waals surface area contributed by atoms with Gasteiger partial charge in [0.1, 0.15) is 5.75 Å². The molecular formula is C22H26O4. The molecule has 0 bridgehead atoms. The van der Waals surface area contributed by atoms with Crippen molar-refractivity contribution in [2.45, 2.75) is 25.7 Å². The number of ether oxygens (including phenoxy) is 4. The smallest absolute Gasteiger partial charge is 0.203 e. The van der Waals surface area contributed by atoms with Gasteiger partial charge in [0.15, 0.2) is 11.5 Å². The number of aryl methyl sites for hydroxylation is 1. The molecule has 138 valence electrons. The van der Waals surface area contributed by atoms with Crippen molar-refractivity contribution < 1.29 is 18.9 Å². The van der Waals surface area contributed by atoms with Gasteiger partial charge in [0, 0.05) is 0 Å². The van der Waals surface area contributed by atoms with Crippen LogP contribution in [0.25, 0.3) is 5.57 Å². The predicted octanol–water partition coefficient (Wildman–Crippen LogP) is 4.88. The maximum Gasteiger partial charge on any atom is 0.203 e. The van der Waals surface area contributed by atoms with Gasteiger partial charge in [-0.3, -0.25) is 0 Å². The van der Waals surface area contributed by atoms with E-state index in [0.29, 0.717) is 17.2 Å². The molecule has 0 amide bonds. The summed E-state index contributed by atoms with van der Waals surface area (Å²) in [4.78, 5) is 0. The first kappa shape index (κ1) is 18.2. The molecule has 0 spiro atoms. The van der Waals surface area contributed by atoms with E-state index in [0.717, 1.165) is 24.2 Å². The van der Waals surface area contributed by atoms with Crippen LogP contribution in [0.1, 0.15) is 36.0 Å². The molecule has 2 aromatic rings. The summed E-state index contributed by atoms with van der Waals surface area (Å²) in [6.07, 6.45) is 6.76. The van der Waals surface area contributed by atoms with Crippen molar-refractivity contribution in [3.8, 4) is 23.0 Å². The van der Waals surface area contributed by atoms with Gasteiger partial charge in [0.05, 0.1) is 28.4 Å². The summed E-state index contributed by atoms with van der Waals surface area (Å²) in [6.45, 7) is 0. The predicted molar refractivity (Wildman–Crippen MR) is 104 cm³/mol. The van der Waals surface area contributed by atoms with Crippen LogP contribution in [0.4, 0.5) is 0 Å². The number of allylic oxidation sites excluding steroid dienone is 1. The third-order valence-corrected chi connectivity index (χ3v) is 4.83. The molecule has 3 rings (SSSR count). The lowest BCUT2D eigenvalue weighted by atomic mass is 9.88. The Balaban J connectivity index is 2.16. The Kier molecular flexibility index (Phi) is 5.71. The van der Waals surface area contributed by atoms with Gasteiger partial charge in [0.2, 0.25) is 5.75 Å².